The summed E-state index contributed by atoms with van der Waals surface area (Å²) < 4.78 is 26.7. The smallest absolute Gasteiger partial charge is 0.407 e. The van der Waals surface area contributed by atoms with Crippen molar-refractivity contribution < 1.29 is 23.1 Å². The largest absolute Gasteiger partial charge is 0.444 e. The minimum atomic E-state index is -2.90. The number of amides is 1. The van der Waals surface area contributed by atoms with E-state index in [4.69, 9.17) is 9.84 Å². The van der Waals surface area contributed by atoms with E-state index in [2.05, 4.69) is 5.32 Å². The molecule has 1 aromatic rings. The molecule has 1 aliphatic rings. The molecule has 2 N–H and O–H groups in total. The molecule has 1 aliphatic heterocycles. The van der Waals surface area contributed by atoms with Crippen molar-refractivity contribution in [2.45, 2.75) is 49.5 Å². The molecule has 0 bridgehead atoms. The molecular formula is C15H23NO5S. The van der Waals surface area contributed by atoms with Crippen LogP contribution < -0.4 is 5.32 Å². The summed E-state index contributed by atoms with van der Waals surface area (Å²) in [5.41, 5.74) is 0.545. The maximum atomic E-state index is 10.9. The fraction of sp³-hybridized carbons (Fsp3) is 0.533. The fourth-order valence-corrected chi connectivity index (χ4v) is 2.96. The minimum Gasteiger partial charge on any atom is -0.444 e. The van der Waals surface area contributed by atoms with Gasteiger partial charge in [-0.1, -0.05) is 6.07 Å². The third-order valence-corrected chi connectivity index (χ3v) is 4.29. The standard InChI is InChI=1S/C8H17NO3.C7H6O2S/c1-8(2,3)12-7(11)9-5-4-6-10;1-5-2-3-6-7(4-5)10(6,8)9/h10H,4-6H2,1-3H3,(H,9,11);2-4H,1H3. The lowest BCUT2D eigenvalue weighted by Crippen LogP contribution is -2.33. The quantitative estimate of drug-likeness (QED) is 0.664. The van der Waals surface area contributed by atoms with Crippen LogP contribution in [0.2, 0.25) is 0 Å². The summed E-state index contributed by atoms with van der Waals surface area (Å²) in [7, 11) is -2.90. The number of fused-ring (bicyclic) bond motifs is 1. The highest BCUT2D eigenvalue weighted by Crippen LogP contribution is 2.39. The first-order chi connectivity index (χ1) is 10.1. The fourth-order valence-electron chi connectivity index (χ4n) is 1.59. The number of aliphatic hydroxyl groups excluding tert-OH is 1. The van der Waals surface area contributed by atoms with Crippen LogP contribution in [-0.4, -0.2) is 38.4 Å². The van der Waals surface area contributed by atoms with E-state index in [1.807, 2.05) is 13.0 Å². The number of rotatable bonds is 3. The van der Waals surface area contributed by atoms with Gasteiger partial charge in [-0.25, -0.2) is 13.2 Å². The number of ether oxygens (including phenoxy) is 1. The molecule has 6 nitrogen and oxygen atoms in total. The van der Waals surface area contributed by atoms with E-state index in [1.54, 1.807) is 32.9 Å². The van der Waals surface area contributed by atoms with Crippen LogP contribution in [0.5, 0.6) is 0 Å². The average Bonchev–Trinajstić information content (AvgIpc) is 2.90. The number of aliphatic hydroxyl groups is 1. The molecule has 2 rings (SSSR count). The highest BCUT2D eigenvalue weighted by Gasteiger charge is 2.38. The summed E-state index contributed by atoms with van der Waals surface area (Å²) in [4.78, 5) is 11.9. The summed E-state index contributed by atoms with van der Waals surface area (Å²) in [6.45, 7) is 7.82. The van der Waals surface area contributed by atoms with E-state index in [1.165, 1.54) is 0 Å². The molecule has 0 aromatic heterocycles. The molecule has 0 saturated heterocycles. The predicted octanol–water partition coefficient (Wildman–Crippen LogP) is 2.03. The normalized spacial score (nSPS) is 14.2. The minimum absolute atomic E-state index is 0.0792. The molecule has 7 heteroatoms. The number of nitrogens with one attached hydrogen (secondary N) is 1. The van der Waals surface area contributed by atoms with Crippen molar-refractivity contribution in [3.05, 3.63) is 23.8 Å². The SMILES string of the molecule is CC(C)(C)OC(=O)NCCCO.Cc1ccc2c(c1)S2(=O)=O. The zero-order chi connectivity index (χ0) is 17.0. The van der Waals surface area contributed by atoms with Gasteiger partial charge in [-0.3, -0.25) is 0 Å². The van der Waals surface area contributed by atoms with Crippen molar-refractivity contribution in [3.63, 3.8) is 0 Å². The highest BCUT2D eigenvalue weighted by atomic mass is 32.2. The predicted molar refractivity (Wildman–Crippen MR) is 82.6 cm³/mol. The Morgan fingerprint density at radius 2 is 1.91 bits per heavy atom. The Morgan fingerprint density at radius 3 is 2.36 bits per heavy atom. The van der Waals surface area contributed by atoms with E-state index in [9.17, 15) is 13.2 Å². The lowest BCUT2D eigenvalue weighted by molar-refractivity contribution is 0.0525. The molecule has 0 fully saturated rings. The Bertz CT molecular complexity index is 632. The average molecular weight is 329 g/mol. The zero-order valence-electron chi connectivity index (χ0n) is 13.3. The van der Waals surface area contributed by atoms with Crippen LogP contribution in [0.25, 0.3) is 0 Å². The number of aryl methyl sites for hydroxylation is 1. The van der Waals surface area contributed by atoms with Gasteiger partial charge in [0.05, 0.1) is 9.79 Å². The molecule has 0 spiro atoms. The van der Waals surface area contributed by atoms with E-state index in [-0.39, 0.29) is 6.61 Å². The summed E-state index contributed by atoms with van der Waals surface area (Å²) >= 11 is 0. The molecule has 1 heterocycles. The second kappa shape index (κ2) is 7.11. The van der Waals surface area contributed by atoms with Crippen molar-refractivity contribution in [1.82, 2.24) is 5.32 Å². The first-order valence-electron chi connectivity index (χ1n) is 7.01. The maximum absolute atomic E-state index is 10.9. The van der Waals surface area contributed by atoms with Gasteiger partial charge in [-0.15, -0.1) is 0 Å². The summed E-state index contributed by atoms with van der Waals surface area (Å²) in [6.07, 6.45) is 0.120. The molecule has 0 radical (unpaired) electrons. The van der Waals surface area contributed by atoms with Gasteiger partial charge in [0.1, 0.15) is 5.60 Å². The third kappa shape index (κ3) is 5.65. The van der Waals surface area contributed by atoms with E-state index in [0.717, 1.165) is 5.56 Å². The number of alkyl carbamates (subject to hydrolysis) is 1. The van der Waals surface area contributed by atoms with Gasteiger partial charge in [-0.05, 0) is 51.8 Å². The van der Waals surface area contributed by atoms with Gasteiger partial charge < -0.3 is 15.2 Å². The van der Waals surface area contributed by atoms with Crippen LogP contribution >= 0.6 is 0 Å². The third-order valence-electron chi connectivity index (χ3n) is 2.64. The van der Waals surface area contributed by atoms with Crippen LogP contribution in [-0.2, 0) is 14.6 Å². The van der Waals surface area contributed by atoms with Gasteiger partial charge in [0, 0.05) is 13.2 Å². The Labute approximate surface area is 131 Å². The lowest BCUT2D eigenvalue weighted by Gasteiger charge is -2.19. The molecule has 1 amide bonds. The molecule has 0 atom stereocenters. The lowest BCUT2D eigenvalue weighted by atomic mass is 10.2. The Kier molecular flexibility index (Phi) is 5.96. The van der Waals surface area contributed by atoms with Gasteiger partial charge in [-0.2, -0.15) is 0 Å². The van der Waals surface area contributed by atoms with E-state index < -0.39 is 21.5 Å². The first kappa shape index (κ1) is 18.4. The van der Waals surface area contributed by atoms with Crippen LogP contribution in [0.4, 0.5) is 4.79 Å². The Balaban J connectivity index is 0.000000222. The molecule has 0 saturated carbocycles. The van der Waals surface area contributed by atoms with Crippen molar-refractivity contribution in [2.75, 3.05) is 13.2 Å². The molecule has 0 aliphatic carbocycles. The molecular weight excluding hydrogens is 306 g/mol. The van der Waals surface area contributed by atoms with Crippen molar-refractivity contribution in [3.8, 4) is 0 Å². The number of hydrogen-bond donors (Lipinski definition) is 2. The van der Waals surface area contributed by atoms with Gasteiger partial charge >= 0.3 is 6.09 Å². The number of hydrogen-bond acceptors (Lipinski definition) is 5. The molecule has 1 aromatic carbocycles. The Hall–Kier alpha value is -1.60. The van der Waals surface area contributed by atoms with Crippen molar-refractivity contribution in [2.24, 2.45) is 0 Å². The van der Waals surface area contributed by atoms with E-state index >= 15 is 0 Å². The van der Waals surface area contributed by atoms with Crippen molar-refractivity contribution >= 4 is 15.9 Å². The van der Waals surface area contributed by atoms with Crippen LogP contribution in [0.1, 0.15) is 32.8 Å². The van der Waals surface area contributed by atoms with Gasteiger partial charge in [0.25, 0.3) is 0 Å². The van der Waals surface area contributed by atoms with Gasteiger partial charge in [0.15, 0.2) is 0 Å². The Morgan fingerprint density at radius 1 is 1.27 bits per heavy atom. The summed E-state index contributed by atoms with van der Waals surface area (Å²) in [6, 6.07) is 5.16. The highest BCUT2D eigenvalue weighted by molar-refractivity contribution is 7.97. The van der Waals surface area contributed by atoms with Crippen LogP contribution in [0.15, 0.2) is 28.0 Å². The molecule has 0 unspecified atom stereocenters. The summed E-state index contributed by atoms with van der Waals surface area (Å²) in [5.74, 6) is 0. The van der Waals surface area contributed by atoms with Gasteiger partial charge in [0.2, 0.25) is 9.84 Å². The van der Waals surface area contributed by atoms with Crippen LogP contribution in [0.3, 0.4) is 0 Å². The molecule has 22 heavy (non-hydrogen) atoms. The number of sulfone groups is 1. The van der Waals surface area contributed by atoms with Crippen LogP contribution in [0, 0.1) is 6.92 Å². The van der Waals surface area contributed by atoms with E-state index in [0.29, 0.717) is 22.8 Å². The monoisotopic (exact) mass is 329 g/mol. The number of carbonyl (C=O) groups excluding carboxylic acids is 1. The first-order valence-corrected chi connectivity index (χ1v) is 8.49. The summed E-state index contributed by atoms with van der Waals surface area (Å²) in [5, 5.41) is 10.9. The number of benzene rings is 1. The second-order valence-corrected chi connectivity index (χ2v) is 7.85. The maximum Gasteiger partial charge on any atom is 0.407 e. The topological polar surface area (TPSA) is 92.7 Å². The zero-order valence-corrected chi connectivity index (χ0v) is 14.2. The second-order valence-electron chi connectivity index (χ2n) is 5.96. The molecule has 124 valence electrons. The van der Waals surface area contributed by atoms with Crippen molar-refractivity contribution in [1.29, 1.82) is 0 Å². The number of carbonyl (C=O) groups is 1.